The van der Waals surface area contributed by atoms with Crippen molar-refractivity contribution < 1.29 is 14.3 Å². The molecule has 1 saturated heterocycles. The molecule has 208 valence electrons. The number of hydrogen-bond acceptors (Lipinski definition) is 8. The van der Waals surface area contributed by atoms with Crippen LogP contribution in [0, 0.1) is 6.92 Å². The number of thiophene rings is 1. The number of nitrogens with one attached hydrogen (secondary N) is 2. The highest BCUT2D eigenvalue weighted by Gasteiger charge is 2.27. The normalized spacial score (nSPS) is 17.8. The number of aryl methyl sites for hydroxylation is 1. The van der Waals surface area contributed by atoms with Crippen molar-refractivity contribution in [3.63, 3.8) is 0 Å². The van der Waals surface area contributed by atoms with Gasteiger partial charge in [0, 0.05) is 65.5 Å². The van der Waals surface area contributed by atoms with E-state index in [1.807, 2.05) is 52.8 Å². The molecule has 0 saturated carbocycles. The lowest BCUT2D eigenvalue weighted by Crippen LogP contribution is -2.50. The van der Waals surface area contributed by atoms with Gasteiger partial charge in [-0.15, -0.1) is 11.3 Å². The third kappa shape index (κ3) is 4.92. The van der Waals surface area contributed by atoms with Crippen LogP contribution < -0.4 is 15.5 Å². The van der Waals surface area contributed by atoms with Crippen LogP contribution in [-0.2, 0) is 4.74 Å². The van der Waals surface area contributed by atoms with E-state index in [1.54, 1.807) is 4.90 Å². The maximum absolute atomic E-state index is 12.7. The standard InChI is InChI=1S/C30H34N6O3S/c1-17-16-31-26-25-20-6-8-21(34-22(20)9-10-23(25)40-27(26)28(37)32-17)19-7-11-24(33-18(19)2)35-12-14-36(15-13-35)29(38)39-30(3,4)5/h6-11,17,31H,12-16H2,1-5H3,(H,32,37)/t17-/m1/s1. The zero-order valence-electron chi connectivity index (χ0n) is 23.5. The Hall–Kier alpha value is -3.92. The molecular formula is C30H34N6O3S. The summed E-state index contributed by atoms with van der Waals surface area (Å²) < 4.78 is 6.59. The molecule has 0 aliphatic carbocycles. The number of ether oxygens (including phenoxy) is 1. The fourth-order valence-corrected chi connectivity index (χ4v) is 6.41. The fourth-order valence-electron chi connectivity index (χ4n) is 5.31. The van der Waals surface area contributed by atoms with Crippen LogP contribution in [0.3, 0.4) is 0 Å². The molecule has 2 aliphatic heterocycles. The van der Waals surface area contributed by atoms with Crippen LogP contribution >= 0.6 is 11.3 Å². The number of carbonyl (C=O) groups excluding carboxylic acids is 2. The van der Waals surface area contributed by atoms with Gasteiger partial charge in [0.1, 0.15) is 16.3 Å². The number of amides is 2. The van der Waals surface area contributed by atoms with Gasteiger partial charge < -0.3 is 25.2 Å². The third-order valence-corrected chi connectivity index (χ3v) is 8.45. The molecular weight excluding hydrogens is 524 g/mol. The highest BCUT2D eigenvalue weighted by atomic mass is 32.1. The molecule has 1 atom stereocenters. The van der Waals surface area contributed by atoms with Gasteiger partial charge in [-0.05, 0) is 71.0 Å². The highest BCUT2D eigenvalue weighted by Crippen LogP contribution is 2.41. The van der Waals surface area contributed by atoms with E-state index in [2.05, 4.69) is 33.7 Å². The molecule has 2 amide bonds. The van der Waals surface area contributed by atoms with E-state index in [1.165, 1.54) is 11.3 Å². The zero-order chi connectivity index (χ0) is 28.2. The van der Waals surface area contributed by atoms with E-state index in [4.69, 9.17) is 14.7 Å². The van der Waals surface area contributed by atoms with Crippen LogP contribution in [0.4, 0.5) is 16.3 Å². The van der Waals surface area contributed by atoms with Crippen molar-refractivity contribution >= 4 is 55.8 Å². The van der Waals surface area contributed by atoms with Crippen LogP contribution in [0.1, 0.15) is 43.1 Å². The average Bonchev–Trinajstić information content (AvgIpc) is 3.23. The van der Waals surface area contributed by atoms with Crippen LogP contribution in [-0.4, -0.2) is 71.2 Å². The zero-order valence-corrected chi connectivity index (χ0v) is 24.3. The molecule has 5 heterocycles. The Morgan fingerprint density at radius 1 is 1.05 bits per heavy atom. The van der Waals surface area contributed by atoms with Crippen molar-refractivity contribution in [3.05, 3.63) is 47.0 Å². The van der Waals surface area contributed by atoms with Gasteiger partial charge in [0.25, 0.3) is 5.91 Å². The topological polar surface area (TPSA) is 99.7 Å². The van der Waals surface area contributed by atoms with Gasteiger partial charge in [-0.3, -0.25) is 4.79 Å². The molecule has 40 heavy (non-hydrogen) atoms. The molecule has 1 fully saturated rings. The number of benzene rings is 1. The first-order chi connectivity index (χ1) is 19.1. The number of pyridine rings is 2. The molecule has 1 aromatic carbocycles. The summed E-state index contributed by atoms with van der Waals surface area (Å²) in [5, 5.41) is 8.61. The summed E-state index contributed by atoms with van der Waals surface area (Å²) in [5.41, 5.74) is 4.02. The summed E-state index contributed by atoms with van der Waals surface area (Å²) in [7, 11) is 0. The first-order valence-electron chi connectivity index (χ1n) is 13.7. The Bertz CT molecular complexity index is 1630. The average molecular weight is 559 g/mol. The summed E-state index contributed by atoms with van der Waals surface area (Å²) in [4.78, 5) is 39.8. The summed E-state index contributed by atoms with van der Waals surface area (Å²) in [5.74, 6) is 0.867. The molecule has 3 aromatic heterocycles. The second-order valence-electron chi connectivity index (χ2n) is 11.5. The fraction of sp³-hybridized carbons (Fsp3) is 0.400. The molecule has 0 bridgehead atoms. The lowest BCUT2D eigenvalue weighted by atomic mass is 10.1. The molecule has 0 radical (unpaired) electrons. The second kappa shape index (κ2) is 9.92. The van der Waals surface area contributed by atoms with E-state index in [9.17, 15) is 9.59 Å². The highest BCUT2D eigenvalue weighted by molar-refractivity contribution is 7.21. The lowest BCUT2D eigenvalue weighted by Gasteiger charge is -2.36. The minimum Gasteiger partial charge on any atom is -0.444 e. The Morgan fingerprint density at radius 2 is 1.82 bits per heavy atom. The minimum atomic E-state index is -0.500. The Morgan fingerprint density at radius 3 is 2.55 bits per heavy atom. The predicted molar refractivity (Wildman–Crippen MR) is 161 cm³/mol. The first kappa shape index (κ1) is 26.3. The van der Waals surface area contributed by atoms with E-state index in [-0.39, 0.29) is 18.0 Å². The molecule has 6 rings (SSSR count). The summed E-state index contributed by atoms with van der Waals surface area (Å²) in [6.07, 6.45) is -0.265. The summed E-state index contributed by atoms with van der Waals surface area (Å²) in [6.45, 7) is 12.9. The van der Waals surface area contributed by atoms with Gasteiger partial charge in [0.05, 0.1) is 16.9 Å². The van der Waals surface area contributed by atoms with E-state index in [0.29, 0.717) is 32.7 Å². The number of rotatable bonds is 2. The predicted octanol–water partition coefficient (Wildman–Crippen LogP) is 5.42. The Kier molecular flexibility index (Phi) is 6.53. The Labute approximate surface area is 237 Å². The number of fused-ring (bicyclic) bond motifs is 5. The third-order valence-electron chi connectivity index (χ3n) is 7.29. The minimum absolute atomic E-state index is 0.0283. The van der Waals surface area contributed by atoms with Gasteiger partial charge in [-0.25, -0.2) is 14.8 Å². The molecule has 0 unspecified atom stereocenters. The summed E-state index contributed by atoms with van der Waals surface area (Å²) >= 11 is 1.51. The molecule has 4 aromatic rings. The number of hydrogen-bond donors (Lipinski definition) is 2. The SMILES string of the molecule is Cc1nc(N2CCN(C(=O)OC(C)(C)C)CC2)ccc1-c1ccc2c(ccc3sc4c(c32)NC[C@@H](C)NC4=O)n1. The van der Waals surface area contributed by atoms with Crippen molar-refractivity contribution in [2.45, 2.75) is 46.3 Å². The van der Waals surface area contributed by atoms with Gasteiger partial charge in [-0.2, -0.15) is 0 Å². The number of aromatic nitrogens is 2. The van der Waals surface area contributed by atoms with Crippen molar-refractivity contribution in [2.24, 2.45) is 0 Å². The Balaban J connectivity index is 1.24. The first-order valence-corrected chi connectivity index (χ1v) is 14.5. The van der Waals surface area contributed by atoms with Crippen molar-refractivity contribution in [1.29, 1.82) is 0 Å². The van der Waals surface area contributed by atoms with Gasteiger partial charge in [0.2, 0.25) is 0 Å². The van der Waals surface area contributed by atoms with Crippen LogP contribution in [0.15, 0.2) is 36.4 Å². The van der Waals surface area contributed by atoms with Crippen LogP contribution in [0.25, 0.3) is 32.2 Å². The molecule has 10 heteroatoms. The number of anilines is 2. The molecule has 0 spiro atoms. The van der Waals surface area contributed by atoms with Crippen molar-refractivity contribution in [2.75, 3.05) is 42.9 Å². The van der Waals surface area contributed by atoms with Crippen molar-refractivity contribution in [3.8, 4) is 11.3 Å². The molecule has 2 aliphatic rings. The van der Waals surface area contributed by atoms with E-state index < -0.39 is 5.60 Å². The second-order valence-corrected chi connectivity index (χ2v) is 12.6. The molecule has 9 nitrogen and oxygen atoms in total. The monoisotopic (exact) mass is 558 g/mol. The molecule has 2 N–H and O–H groups in total. The number of nitrogens with zero attached hydrogens (tertiary/aromatic N) is 4. The van der Waals surface area contributed by atoms with Gasteiger partial charge in [-0.1, -0.05) is 0 Å². The summed E-state index contributed by atoms with van der Waals surface area (Å²) in [6, 6.07) is 12.4. The van der Waals surface area contributed by atoms with Crippen LogP contribution in [0.2, 0.25) is 0 Å². The van der Waals surface area contributed by atoms with Crippen LogP contribution in [0.5, 0.6) is 0 Å². The van der Waals surface area contributed by atoms with Gasteiger partial charge >= 0.3 is 6.09 Å². The smallest absolute Gasteiger partial charge is 0.410 e. The van der Waals surface area contributed by atoms with E-state index >= 15 is 0 Å². The van der Waals surface area contributed by atoms with Crippen molar-refractivity contribution in [1.82, 2.24) is 20.2 Å². The quantitative estimate of drug-likeness (QED) is 0.339. The van der Waals surface area contributed by atoms with E-state index in [0.717, 1.165) is 54.3 Å². The maximum Gasteiger partial charge on any atom is 0.410 e. The van der Waals surface area contributed by atoms with Gasteiger partial charge in [0.15, 0.2) is 0 Å². The number of piperazine rings is 1. The maximum atomic E-state index is 12.7. The lowest BCUT2D eigenvalue weighted by molar-refractivity contribution is 0.0240. The largest absolute Gasteiger partial charge is 0.444 e. The number of carbonyl (C=O) groups is 2.